The standard InChI is InChI=1S/C14H18N2O2S.ClH/c1-14(2,10-15)16-19(17,18)13-9-5-7-11-6-3-4-8-12(11)13;/h3-9,16H,10,15H2,1-2H3;1H. The summed E-state index contributed by atoms with van der Waals surface area (Å²) in [4.78, 5) is 0.284. The summed E-state index contributed by atoms with van der Waals surface area (Å²) in [6, 6.07) is 12.7. The normalized spacial score (nSPS) is 12.2. The number of halogens is 1. The topological polar surface area (TPSA) is 72.2 Å². The first-order valence-corrected chi connectivity index (χ1v) is 7.56. The molecule has 20 heavy (non-hydrogen) atoms. The Hall–Kier alpha value is -1.14. The summed E-state index contributed by atoms with van der Waals surface area (Å²) >= 11 is 0. The van der Waals surface area contributed by atoms with Crippen LogP contribution in [-0.4, -0.2) is 20.5 Å². The third kappa shape index (κ3) is 3.49. The van der Waals surface area contributed by atoms with Gasteiger partial charge in [-0.3, -0.25) is 0 Å². The summed E-state index contributed by atoms with van der Waals surface area (Å²) in [6.45, 7) is 3.75. The Balaban J connectivity index is 0.00000200. The Bertz CT molecular complexity index is 694. The zero-order valence-corrected chi connectivity index (χ0v) is 13.1. The SMILES string of the molecule is CC(C)(CN)NS(=O)(=O)c1cccc2ccccc12.Cl. The van der Waals surface area contributed by atoms with Crippen LogP contribution in [0.4, 0.5) is 0 Å². The lowest BCUT2D eigenvalue weighted by atomic mass is 10.1. The van der Waals surface area contributed by atoms with Gasteiger partial charge in [0.25, 0.3) is 0 Å². The second-order valence-electron chi connectivity index (χ2n) is 5.17. The molecule has 0 unspecified atom stereocenters. The molecule has 0 aliphatic carbocycles. The number of hydrogen-bond donors (Lipinski definition) is 2. The third-order valence-electron chi connectivity index (χ3n) is 2.96. The molecule has 0 fully saturated rings. The van der Waals surface area contributed by atoms with Crippen molar-refractivity contribution < 1.29 is 8.42 Å². The van der Waals surface area contributed by atoms with Gasteiger partial charge in [0.2, 0.25) is 10.0 Å². The van der Waals surface area contributed by atoms with Gasteiger partial charge in [0.15, 0.2) is 0 Å². The van der Waals surface area contributed by atoms with Gasteiger partial charge in [-0.15, -0.1) is 12.4 Å². The average molecular weight is 315 g/mol. The van der Waals surface area contributed by atoms with E-state index in [1.54, 1.807) is 32.0 Å². The lowest BCUT2D eigenvalue weighted by Gasteiger charge is -2.24. The first-order valence-electron chi connectivity index (χ1n) is 6.07. The number of nitrogens with one attached hydrogen (secondary N) is 1. The van der Waals surface area contributed by atoms with Gasteiger partial charge in [0.05, 0.1) is 4.90 Å². The fraction of sp³-hybridized carbons (Fsp3) is 0.286. The molecule has 6 heteroatoms. The predicted octanol–water partition coefficient (Wildman–Crippen LogP) is 2.28. The second kappa shape index (κ2) is 6.10. The number of nitrogens with two attached hydrogens (primary N) is 1. The van der Waals surface area contributed by atoms with Crippen molar-refractivity contribution in [3.05, 3.63) is 42.5 Å². The fourth-order valence-electron chi connectivity index (χ4n) is 1.89. The molecule has 0 aliphatic heterocycles. The molecule has 0 aromatic heterocycles. The number of hydrogen-bond acceptors (Lipinski definition) is 3. The Labute approximate surface area is 125 Å². The van der Waals surface area contributed by atoms with Crippen molar-refractivity contribution in [3.63, 3.8) is 0 Å². The molecule has 4 nitrogen and oxygen atoms in total. The van der Waals surface area contributed by atoms with E-state index in [0.29, 0.717) is 5.39 Å². The van der Waals surface area contributed by atoms with Crippen LogP contribution in [0.25, 0.3) is 10.8 Å². The summed E-state index contributed by atoms with van der Waals surface area (Å²) in [5.41, 5.74) is 4.91. The number of sulfonamides is 1. The van der Waals surface area contributed by atoms with Crippen LogP contribution in [0.3, 0.4) is 0 Å². The van der Waals surface area contributed by atoms with Gasteiger partial charge in [-0.05, 0) is 25.3 Å². The molecule has 2 rings (SSSR count). The highest BCUT2D eigenvalue weighted by molar-refractivity contribution is 7.89. The molecule has 0 radical (unpaired) electrons. The lowest BCUT2D eigenvalue weighted by molar-refractivity contribution is 0.463. The zero-order valence-electron chi connectivity index (χ0n) is 11.5. The molecule has 3 N–H and O–H groups in total. The quantitative estimate of drug-likeness (QED) is 0.909. The van der Waals surface area contributed by atoms with Crippen LogP contribution in [0.5, 0.6) is 0 Å². The Morgan fingerprint density at radius 3 is 2.35 bits per heavy atom. The van der Waals surface area contributed by atoms with Gasteiger partial charge in [-0.25, -0.2) is 13.1 Å². The molecule has 2 aromatic carbocycles. The maximum atomic E-state index is 12.5. The summed E-state index contributed by atoms with van der Waals surface area (Å²) in [7, 11) is -3.59. The van der Waals surface area contributed by atoms with Gasteiger partial charge in [0, 0.05) is 17.5 Å². The molecule has 0 heterocycles. The number of rotatable bonds is 4. The minimum absolute atomic E-state index is 0. The van der Waals surface area contributed by atoms with E-state index in [0.717, 1.165) is 5.39 Å². The minimum Gasteiger partial charge on any atom is -0.329 e. The van der Waals surface area contributed by atoms with Gasteiger partial charge >= 0.3 is 0 Å². The van der Waals surface area contributed by atoms with Crippen molar-refractivity contribution >= 4 is 33.2 Å². The summed E-state index contributed by atoms with van der Waals surface area (Å²) in [6.07, 6.45) is 0. The van der Waals surface area contributed by atoms with E-state index in [-0.39, 0.29) is 23.8 Å². The summed E-state index contributed by atoms with van der Waals surface area (Å²) in [5, 5.41) is 1.61. The molecule has 0 saturated carbocycles. The summed E-state index contributed by atoms with van der Waals surface area (Å²) in [5.74, 6) is 0. The van der Waals surface area contributed by atoms with E-state index >= 15 is 0 Å². The molecular formula is C14H19ClN2O2S. The van der Waals surface area contributed by atoms with Gasteiger partial charge in [0.1, 0.15) is 0 Å². The highest BCUT2D eigenvalue weighted by Crippen LogP contribution is 2.23. The molecule has 0 atom stereocenters. The van der Waals surface area contributed by atoms with E-state index in [4.69, 9.17) is 5.73 Å². The molecule has 2 aromatic rings. The van der Waals surface area contributed by atoms with Crippen molar-refractivity contribution in [2.24, 2.45) is 5.73 Å². The van der Waals surface area contributed by atoms with Crippen molar-refractivity contribution in [1.82, 2.24) is 4.72 Å². The van der Waals surface area contributed by atoms with Crippen LogP contribution in [-0.2, 0) is 10.0 Å². The van der Waals surface area contributed by atoms with Gasteiger partial charge in [-0.1, -0.05) is 36.4 Å². The van der Waals surface area contributed by atoms with Gasteiger partial charge < -0.3 is 5.73 Å². The smallest absolute Gasteiger partial charge is 0.241 e. The van der Waals surface area contributed by atoms with E-state index in [1.165, 1.54) is 0 Å². The van der Waals surface area contributed by atoms with Crippen molar-refractivity contribution in [3.8, 4) is 0 Å². The van der Waals surface area contributed by atoms with E-state index < -0.39 is 15.6 Å². The summed E-state index contributed by atoms with van der Waals surface area (Å²) < 4.78 is 27.5. The molecule has 0 aliphatic rings. The van der Waals surface area contributed by atoms with Gasteiger partial charge in [-0.2, -0.15) is 0 Å². The van der Waals surface area contributed by atoms with Crippen LogP contribution in [0.1, 0.15) is 13.8 Å². The largest absolute Gasteiger partial charge is 0.329 e. The maximum Gasteiger partial charge on any atom is 0.241 e. The molecule has 0 amide bonds. The van der Waals surface area contributed by atoms with Crippen molar-refractivity contribution in [2.45, 2.75) is 24.3 Å². The zero-order chi connectivity index (χ0) is 14.1. The minimum atomic E-state index is -3.59. The van der Waals surface area contributed by atoms with Crippen LogP contribution in [0, 0.1) is 0 Å². The first kappa shape index (κ1) is 16.9. The fourth-order valence-corrected chi connectivity index (χ4v) is 3.54. The predicted molar refractivity (Wildman–Crippen MR) is 84.7 cm³/mol. The van der Waals surface area contributed by atoms with Crippen LogP contribution < -0.4 is 10.5 Å². The van der Waals surface area contributed by atoms with E-state index in [2.05, 4.69) is 4.72 Å². The number of fused-ring (bicyclic) bond motifs is 1. The maximum absolute atomic E-state index is 12.5. The Morgan fingerprint density at radius 1 is 1.10 bits per heavy atom. The van der Waals surface area contributed by atoms with Crippen LogP contribution >= 0.6 is 12.4 Å². The van der Waals surface area contributed by atoms with Crippen molar-refractivity contribution in [2.75, 3.05) is 6.54 Å². The highest BCUT2D eigenvalue weighted by atomic mass is 35.5. The van der Waals surface area contributed by atoms with Crippen molar-refractivity contribution in [1.29, 1.82) is 0 Å². The first-order chi connectivity index (χ1) is 8.86. The third-order valence-corrected chi connectivity index (χ3v) is 4.72. The van der Waals surface area contributed by atoms with Crippen LogP contribution in [0.15, 0.2) is 47.4 Å². The Morgan fingerprint density at radius 2 is 1.70 bits per heavy atom. The molecule has 0 spiro atoms. The average Bonchev–Trinajstić information content (AvgIpc) is 2.37. The molecular weight excluding hydrogens is 296 g/mol. The van der Waals surface area contributed by atoms with E-state index in [9.17, 15) is 8.42 Å². The van der Waals surface area contributed by atoms with E-state index in [1.807, 2.05) is 24.3 Å². The molecule has 110 valence electrons. The van der Waals surface area contributed by atoms with Crippen LogP contribution in [0.2, 0.25) is 0 Å². The lowest BCUT2D eigenvalue weighted by Crippen LogP contribution is -2.48. The second-order valence-corrected chi connectivity index (χ2v) is 6.82. The highest BCUT2D eigenvalue weighted by Gasteiger charge is 2.25. The molecule has 0 bridgehead atoms. The monoisotopic (exact) mass is 314 g/mol. The number of benzene rings is 2. The Kier molecular flexibility index (Phi) is 5.15. The molecule has 0 saturated heterocycles.